The Hall–Kier alpha value is 0.105. The summed E-state index contributed by atoms with van der Waals surface area (Å²) in [7, 11) is 0. The summed E-state index contributed by atoms with van der Waals surface area (Å²) >= 11 is 1.64. The van der Waals surface area contributed by atoms with Crippen molar-refractivity contribution in [3.05, 3.63) is 30.3 Å². The molecule has 3 rings (SSSR count). The van der Waals surface area contributed by atoms with Gasteiger partial charge in [-0.15, -0.1) is 0 Å². The number of carboxylic acids is 1. The molecule has 0 saturated carbocycles. The molecule has 5 heteroatoms. The van der Waals surface area contributed by atoms with Crippen molar-refractivity contribution in [3.63, 3.8) is 0 Å². The van der Waals surface area contributed by atoms with Gasteiger partial charge >= 0.3 is 147 Å². The molecule has 0 radical (unpaired) electrons. The molecule has 2 saturated heterocycles. The first kappa shape index (κ1) is 20.4. The van der Waals surface area contributed by atoms with E-state index in [1.807, 2.05) is 0 Å². The first-order valence-electron chi connectivity index (χ1n) is 9.06. The van der Waals surface area contributed by atoms with Gasteiger partial charge in [0.1, 0.15) is 0 Å². The summed E-state index contributed by atoms with van der Waals surface area (Å²) in [5, 5.41) is 8.86. The predicted molar refractivity (Wildman–Crippen MR) is 95.7 cm³/mol. The Morgan fingerprint density at radius 2 is 1.75 bits per heavy atom. The Kier molecular flexibility index (Phi) is 9.32. The van der Waals surface area contributed by atoms with Crippen LogP contribution in [0, 0.1) is 0 Å². The number of hydrogen-bond acceptors (Lipinski definition) is 2. The van der Waals surface area contributed by atoms with Crippen LogP contribution in [0.15, 0.2) is 30.3 Å². The van der Waals surface area contributed by atoms with Gasteiger partial charge in [-0.05, 0) is 0 Å². The molecule has 2 aliphatic rings. The van der Waals surface area contributed by atoms with Gasteiger partial charge in [0.05, 0.1) is 0 Å². The van der Waals surface area contributed by atoms with E-state index in [1.54, 1.807) is 8.39 Å². The first-order valence-corrected chi connectivity index (χ1v) is 15.0. The summed E-state index contributed by atoms with van der Waals surface area (Å²) in [4.78, 5) is 12.0. The second kappa shape index (κ2) is 11.0. The van der Waals surface area contributed by atoms with Gasteiger partial charge in [0.15, 0.2) is 0 Å². The van der Waals surface area contributed by atoms with Gasteiger partial charge in [0, 0.05) is 6.92 Å². The molecule has 0 aromatic heterocycles. The van der Waals surface area contributed by atoms with Crippen LogP contribution in [0.4, 0.5) is 0 Å². The molecule has 129 valence electrons. The molecule has 2 heterocycles. The number of rotatable bonds is 4. The van der Waals surface area contributed by atoms with Crippen molar-refractivity contribution in [3.8, 4) is 0 Å². The molecule has 2 fully saturated rings. The molecule has 0 unspecified atom stereocenters. The Bertz CT molecular complexity index is 487. The van der Waals surface area contributed by atoms with Crippen molar-refractivity contribution in [2.75, 3.05) is 0 Å². The molecule has 0 spiro atoms. The zero-order valence-electron chi connectivity index (χ0n) is 14.7. The van der Waals surface area contributed by atoms with Gasteiger partial charge in [0.2, 0.25) is 0 Å². The number of piperidine rings is 2. The first-order chi connectivity index (χ1) is 11.6. The van der Waals surface area contributed by atoms with Crippen molar-refractivity contribution in [2.45, 2.75) is 72.8 Å². The molecule has 0 amide bonds. The van der Waals surface area contributed by atoms with Gasteiger partial charge in [-0.3, -0.25) is 4.79 Å². The summed E-state index contributed by atoms with van der Waals surface area (Å²) in [6.45, 7) is 1.08. The van der Waals surface area contributed by atoms with Gasteiger partial charge in [0.25, 0.3) is 5.97 Å². The zero-order chi connectivity index (χ0) is 17.4. The Labute approximate surface area is 168 Å². The van der Waals surface area contributed by atoms with Gasteiger partial charge in [-0.2, -0.15) is 0 Å². The van der Waals surface area contributed by atoms with E-state index >= 15 is 0 Å². The third-order valence-corrected chi connectivity index (χ3v) is 9.95. The normalized spacial score (nSPS) is 26.9. The van der Waals surface area contributed by atoms with Gasteiger partial charge < -0.3 is 5.11 Å². The van der Waals surface area contributed by atoms with Crippen molar-refractivity contribution in [2.24, 2.45) is 0 Å². The van der Waals surface area contributed by atoms with Crippen LogP contribution in [0.2, 0.25) is 9.25 Å². The van der Waals surface area contributed by atoms with Crippen LogP contribution >= 0.6 is 0 Å². The van der Waals surface area contributed by atoms with Crippen LogP contribution in [-0.4, -0.2) is 49.1 Å². The van der Waals surface area contributed by atoms with E-state index in [2.05, 4.69) is 35.2 Å². The van der Waals surface area contributed by atoms with E-state index in [9.17, 15) is 0 Å². The summed E-state index contributed by atoms with van der Waals surface area (Å²) < 4.78 is 3.14. The monoisotopic (exact) mass is 584 g/mol. The van der Waals surface area contributed by atoms with Crippen molar-refractivity contribution in [1.29, 1.82) is 0 Å². The molecule has 1 aromatic carbocycles. The molecule has 1 N–H and O–H groups in total. The summed E-state index contributed by atoms with van der Waals surface area (Å²) in [6, 6.07) is 14.0. The van der Waals surface area contributed by atoms with E-state index in [4.69, 9.17) is 9.90 Å². The fraction of sp³-hybridized carbons (Fsp3) is 0.632. The van der Waals surface area contributed by atoms with Crippen LogP contribution < -0.4 is 4.46 Å². The van der Waals surface area contributed by atoms with Gasteiger partial charge in [-0.1, -0.05) is 0 Å². The minimum atomic E-state index is -0.833. The summed E-state index contributed by atoms with van der Waals surface area (Å²) in [5.41, 5.74) is 0. The van der Waals surface area contributed by atoms with Crippen molar-refractivity contribution < 1.29 is 36.0 Å². The van der Waals surface area contributed by atoms with Crippen LogP contribution in [0.25, 0.3) is 0 Å². The number of hydrogen-bond donors (Lipinski definition) is 1. The number of fused-ring (bicyclic) bond motifs is 1. The third kappa shape index (κ3) is 6.44. The minimum absolute atomic E-state index is 0.672. The van der Waals surface area contributed by atoms with Crippen molar-refractivity contribution in [1.82, 2.24) is 4.90 Å². The number of carbonyl (C=O) groups is 1. The van der Waals surface area contributed by atoms with E-state index in [0.29, 0.717) is 15.0 Å². The van der Waals surface area contributed by atoms with E-state index < -0.39 is 5.97 Å². The maximum absolute atomic E-state index is 9.00. The second-order valence-electron chi connectivity index (χ2n) is 6.70. The maximum atomic E-state index is 9.00. The molecular weight excluding hydrogens is 554 g/mol. The molecule has 24 heavy (non-hydrogen) atoms. The van der Waals surface area contributed by atoms with Crippen molar-refractivity contribution >= 4 is 25.4 Å². The standard InChI is InChI=1S/C17H24NSe.C2H4O2.Hg/c1-14-7-5-8-15-9-6-10-16(18(14)15)13-19-17-11-3-2-4-12-17;1-2(3)4;/h2-4,11-12,14-16H,1,5-10,13H2;1H3,(H,3,4);/t14-,15+,16+;;/m1../s1. The summed E-state index contributed by atoms with van der Waals surface area (Å²) in [5.74, 6) is -0.833. The summed E-state index contributed by atoms with van der Waals surface area (Å²) in [6.07, 6.45) is 8.91. The van der Waals surface area contributed by atoms with E-state index in [-0.39, 0.29) is 0 Å². The topological polar surface area (TPSA) is 40.5 Å². The third-order valence-electron chi connectivity index (χ3n) is 4.93. The number of benzene rings is 1. The molecule has 2 aliphatic heterocycles. The van der Waals surface area contributed by atoms with E-state index in [0.717, 1.165) is 51.2 Å². The molecule has 3 atom stereocenters. The van der Waals surface area contributed by atoms with Crippen LogP contribution in [0.3, 0.4) is 0 Å². The molecular formula is C19H28HgNO2Se. The molecule has 0 aliphatic carbocycles. The average molecular weight is 582 g/mol. The van der Waals surface area contributed by atoms with E-state index in [1.165, 1.54) is 43.8 Å². The van der Waals surface area contributed by atoms with Crippen LogP contribution in [-0.2, 0) is 30.9 Å². The fourth-order valence-corrected chi connectivity index (χ4v) is 8.52. The number of nitrogens with zero attached hydrogens (tertiary/aromatic N) is 1. The van der Waals surface area contributed by atoms with Crippen LogP contribution in [0.5, 0.6) is 0 Å². The Balaban J connectivity index is 0.000000471. The van der Waals surface area contributed by atoms with Gasteiger partial charge in [-0.25, -0.2) is 0 Å². The fourth-order valence-electron chi connectivity index (χ4n) is 3.99. The molecule has 0 bridgehead atoms. The Morgan fingerprint density at radius 1 is 1.17 bits per heavy atom. The number of aliphatic carboxylic acids is 1. The SMILES string of the molecule is CC(=O)O.[Hg][CH2][C@@H]1CCC[C@H]2CCC[C@@H](C[Se]c3ccccc3)N21. The van der Waals surface area contributed by atoms with Crippen LogP contribution in [0.1, 0.15) is 45.4 Å². The Morgan fingerprint density at radius 3 is 2.33 bits per heavy atom. The predicted octanol–water partition coefficient (Wildman–Crippen LogP) is 3.27. The average Bonchev–Trinajstić information content (AvgIpc) is 2.59. The zero-order valence-corrected chi connectivity index (χ0v) is 21.9. The molecule has 1 aromatic rings. The molecule has 3 nitrogen and oxygen atoms in total. The second-order valence-corrected chi connectivity index (χ2v) is 11.2. The quantitative estimate of drug-likeness (QED) is 0.555. The number of carboxylic acid groups (broad SMARTS) is 1.